The normalized spacial score (nSPS) is 16.4. The molecule has 0 saturated carbocycles. The molecule has 4 aromatic carbocycles. The van der Waals surface area contributed by atoms with Crippen molar-refractivity contribution in [2.45, 2.75) is 70.6 Å². The van der Waals surface area contributed by atoms with Crippen LogP contribution in [0.2, 0.25) is 0 Å². The van der Waals surface area contributed by atoms with Crippen LogP contribution in [0.1, 0.15) is 76.6 Å². The van der Waals surface area contributed by atoms with Crippen LogP contribution < -0.4 is 4.57 Å². The first-order chi connectivity index (χ1) is 21.1. The van der Waals surface area contributed by atoms with Gasteiger partial charge in [0.15, 0.2) is 0 Å². The van der Waals surface area contributed by atoms with E-state index in [1.165, 1.54) is 46.1 Å². The molecule has 0 saturated heterocycles. The molecule has 0 radical (unpaired) electrons. The number of para-hydroxylation sites is 2. The third-order valence-corrected chi connectivity index (χ3v) is 9.75. The molecule has 0 bridgehead atoms. The first kappa shape index (κ1) is 31.1. The Hall–Kier alpha value is -3.85. The largest absolute Gasteiger partial charge is 3.00 e. The minimum absolute atomic E-state index is 0. The summed E-state index contributed by atoms with van der Waals surface area (Å²) in [7, 11) is 0. The van der Waals surface area contributed by atoms with E-state index in [-0.39, 0.29) is 36.4 Å². The number of nitrogens with zero attached hydrogens (tertiary/aromatic N) is 3. The molecule has 0 amide bonds. The Balaban J connectivity index is 0.000000231. The van der Waals surface area contributed by atoms with Crippen molar-refractivity contribution in [3.8, 4) is 22.6 Å². The number of hydrogen-bond acceptors (Lipinski definition) is 1. The van der Waals surface area contributed by atoms with Crippen LogP contribution in [0.15, 0.2) is 103 Å². The van der Waals surface area contributed by atoms with Gasteiger partial charge in [0.1, 0.15) is 0 Å². The molecule has 226 valence electrons. The van der Waals surface area contributed by atoms with Crippen LogP contribution in [0.5, 0.6) is 0 Å². The van der Waals surface area contributed by atoms with Crippen molar-refractivity contribution in [3.05, 3.63) is 144 Å². The Kier molecular flexibility index (Phi) is 7.96. The van der Waals surface area contributed by atoms with Crippen molar-refractivity contribution in [1.82, 2.24) is 9.55 Å². The number of fused-ring (bicyclic) bond motifs is 3. The first-order valence-corrected chi connectivity index (χ1v) is 15.6. The molecule has 0 spiro atoms. The van der Waals surface area contributed by atoms with Gasteiger partial charge in [0.2, 0.25) is 0 Å². The van der Waals surface area contributed by atoms with E-state index in [1.54, 1.807) is 6.20 Å². The first-order valence-electron chi connectivity index (χ1n) is 15.6. The standard InChI is InChI=1S/C30H31N2.C11H8N.Ir/c1-28(2)15-16-29(3,4)23-18-26-24(17-22(23)28)30(5,6)21-13-10-14-25-27(21)32(26)19-31(25)20-11-8-7-9-12-20;1-2-6-10(7-3-1)11-8-4-5-9-12-11;/h7-14,17H,15-16H2,1-6H3;1-6,8-9H;/q2*-1;+3. The van der Waals surface area contributed by atoms with Gasteiger partial charge in [-0.05, 0) is 52.4 Å². The third-order valence-electron chi connectivity index (χ3n) is 9.75. The van der Waals surface area contributed by atoms with Crippen LogP contribution in [-0.4, -0.2) is 9.55 Å². The summed E-state index contributed by atoms with van der Waals surface area (Å²) in [6.45, 7) is 14.3. The molecule has 3 heterocycles. The maximum Gasteiger partial charge on any atom is 3.00 e. The van der Waals surface area contributed by atoms with Gasteiger partial charge in [-0.3, -0.25) is 4.57 Å². The second-order valence-electron chi connectivity index (χ2n) is 14.0. The molecule has 0 unspecified atom stereocenters. The topological polar surface area (TPSA) is 21.7 Å². The summed E-state index contributed by atoms with van der Waals surface area (Å²) in [4.78, 5) is 4.22. The monoisotopic (exact) mass is 766 g/mol. The van der Waals surface area contributed by atoms with Crippen molar-refractivity contribution in [1.29, 1.82) is 0 Å². The molecule has 0 fully saturated rings. The van der Waals surface area contributed by atoms with Crippen molar-refractivity contribution in [3.63, 3.8) is 0 Å². The molecule has 2 aromatic heterocycles. The van der Waals surface area contributed by atoms with Crippen molar-refractivity contribution < 1.29 is 24.7 Å². The zero-order valence-electron chi connectivity index (χ0n) is 26.9. The zero-order valence-corrected chi connectivity index (χ0v) is 29.3. The molecule has 45 heavy (non-hydrogen) atoms. The summed E-state index contributed by atoms with van der Waals surface area (Å²) in [6, 6.07) is 40.5. The van der Waals surface area contributed by atoms with Crippen molar-refractivity contribution in [2.24, 2.45) is 0 Å². The predicted octanol–water partition coefficient (Wildman–Crippen LogP) is 9.04. The summed E-state index contributed by atoms with van der Waals surface area (Å²) in [5.74, 6) is 0. The Morgan fingerprint density at radius 3 is 2.18 bits per heavy atom. The molecule has 0 N–H and O–H groups in total. The minimum atomic E-state index is -0.102. The van der Waals surface area contributed by atoms with Gasteiger partial charge >= 0.3 is 20.1 Å². The van der Waals surface area contributed by atoms with Crippen LogP contribution in [0.3, 0.4) is 0 Å². The maximum absolute atomic E-state index is 4.22. The average molecular weight is 766 g/mol. The van der Waals surface area contributed by atoms with Gasteiger partial charge < -0.3 is 9.55 Å². The minimum Gasteiger partial charge on any atom is -0.314 e. The fourth-order valence-corrected chi connectivity index (χ4v) is 6.95. The number of hydrogen-bond donors (Lipinski definition) is 0. The van der Waals surface area contributed by atoms with E-state index >= 15 is 0 Å². The van der Waals surface area contributed by atoms with Gasteiger partial charge in [-0.2, -0.15) is 17.7 Å². The van der Waals surface area contributed by atoms with E-state index in [1.807, 2.05) is 42.5 Å². The van der Waals surface area contributed by atoms with Crippen LogP contribution in [0.4, 0.5) is 0 Å². The fourth-order valence-electron chi connectivity index (χ4n) is 6.95. The van der Waals surface area contributed by atoms with Crippen molar-refractivity contribution in [2.75, 3.05) is 0 Å². The van der Waals surface area contributed by atoms with Gasteiger partial charge in [0.25, 0.3) is 6.33 Å². The molecule has 3 nitrogen and oxygen atoms in total. The van der Waals surface area contributed by atoms with Gasteiger partial charge in [0, 0.05) is 6.20 Å². The molecule has 1 aliphatic heterocycles. The summed E-state index contributed by atoms with van der Waals surface area (Å²) in [5, 5.41) is 0. The zero-order chi connectivity index (χ0) is 30.7. The van der Waals surface area contributed by atoms with E-state index in [9.17, 15) is 0 Å². The Labute approximate surface area is 281 Å². The SMILES string of the molecule is CC1(C)CCC(C)(C)c2cc3c([c-]c21)-[n+]1[c-]n(-c2ccccc2)c2cccc(c21)C3(C)C.[Ir+3].[c-]1ccccc1-c1ccccn1. The van der Waals surface area contributed by atoms with Gasteiger partial charge in [-0.1, -0.05) is 102 Å². The molecular formula is C41H39IrN3+. The Bertz CT molecular complexity index is 1930. The quantitative estimate of drug-likeness (QED) is 0.127. The second kappa shape index (κ2) is 11.5. The van der Waals surface area contributed by atoms with E-state index in [0.29, 0.717) is 0 Å². The van der Waals surface area contributed by atoms with Crippen LogP contribution >= 0.6 is 0 Å². The van der Waals surface area contributed by atoms with E-state index in [0.717, 1.165) is 22.6 Å². The molecule has 1 aliphatic carbocycles. The van der Waals surface area contributed by atoms with E-state index in [4.69, 9.17) is 0 Å². The van der Waals surface area contributed by atoms with Crippen LogP contribution in [0.25, 0.3) is 33.7 Å². The van der Waals surface area contributed by atoms with Crippen LogP contribution in [0, 0.1) is 18.5 Å². The average Bonchev–Trinajstić information content (AvgIpc) is 3.44. The molecule has 0 atom stereocenters. The van der Waals surface area contributed by atoms with E-state index in [2.05, 4.69) is 129 Å². The molecule has 4 heteroatoms. The Morgan fingerprint density at radius 1 is 0.733 bits per heavy atom. The second-order valence-corrected chi connectivity index (χ2v) is 14.0. The molecule has 6 aromatic rings. The summed E-state index contributed by atoms with van der Waals surface area (Å²) < 4.78 is 4.47. The summed E-state index contributed by atoms with van der Waals surface area (Å²) in [6.07, 6.45) is 7.89. The van der Waals surface area contributed by atoms with E-state index < -0.39 is 0 Å². The number of aromatic nitrogens is 3. The summed E-state index contributed by atoms with van der Waals surface area (Å²) in [5.41, 5.74) is 12.5. The number of benzene rings is 4. The van der Waals surface area contributed by atoms with Crippen LogP contribution in [-0.2, 0) is 36.4 Å². The predicted molar refractivity (Wildman–Crippen MR) is 178 cm³/mol. The summed E-state index contributed by atoms with van der Waals surface area (Å²) >= 11 is 0. The van der Waals surface area contributed by atoms with Gasteiger partial charge in [0.05, 0.1) is 16.7 Å². The van der Waals surface area contributed by atoms with Gasteiger partial charge in [-0.25, -0.2) is 0 Å². The number of rotatable bonds is 2. The third kappa shape index (κ3) is 5.28. The maximum atomic E-state index is 4.22. The number of imidazole rings is 1. The van der Waals surface area contributed by atoms with Gasteiger partial charge in [-0.15, -0.1) is 47.0 Å². The smallest absolute Gasteiger partial charge is 0.314 e. The number of pyridine rings is 1. The molecule has 8 rings (SSSR count). The fraction of sp³-hybridized carbons (Fsp3) is 0.268. The molecule has 2 aliphatic rings. The Morgan fingerprint density at radius 2 is 1.47 bits per heavy atom. The molecular weight excluding hydrogens is 727 g/mol. The van der Waals surface area contributed by atoms with Crippen molar-refractivity contribution >= 4 is 11.0 Å².